The van der Waals surface area contributed by atoms with E-state index in [1.54, 1.807) is 19.1 Å². The van der Waals surface area contributed by atoms with Crippen LogP contribution in [0.15, 0.2) is 24.3 Å². The Kier molecular flexibility index (Phi) is 4.02. The van der Waals surface area contributed by atoms with Gasteiger partial charge in [-0.1, -0.05) is 6.07 Å². The van der Waals surface area contributed by atoms with Crippen molar-refractivity contribution in [2.24, 2.45) is 5.41 Å². The molecule has 0 unspecified atom stereocenters. The fourth-order valence-electron chi connectivity index (χ4n) is 2.95. The van der Waals surface area contributed by atoms with Crippen LogP contribution in [0.25, 0.3) is 0 Å². The van der Waals surface area contributed by atoms with Crippen molar-refractivity contribution in [3.63, 3.8) is 0 Å². The molecule has 2 aliphatic rings. The quantitative estimate of drug-likeness (QED) is 0.851. The number of nitrogens with zero attached hydrogens (tertiary/aromatic N) is 1. The molecule has 0 radical (unpaired) electrons. The summed E-state index contributed by atoms with van der Waals surface area (Å²) in [4.78, 5) is 14.4. The second-order valence-electron chi connectivity index (χ2n) is 6.43. The number of carbonyl (C=O) groups excluding carboxylic acids is 1. The maximum atomic E-state index is 13.3. The van der Waals surface area contributed by atoms with Crippen LogP contribution in [0, 0.1) is 11.2 Å². The lowest BCUT2D eigenvalue weighted by Crippen LogP contribution is -2.47. The van der Waals surface area contributed by atoms with E-state index in [9.17, 15) is 9.18 Å². The average Bonchev–Trinajstić information content (AvgIpc) is 3.00. The largest absolute Gasteiger partial charge is 0.371 e. The van der Waals surface area contributed by atoms with Crippen LogP contribution in [0.3, 0.4) is 0 Å². The van der Waals surface area contributed by atoms with Gasteiger partial charge in [0.2, 0.25) is 5.91 Å². The number of anilines is 1. The summed E-state index contributed by atoms with van der Waals surface area (Å²) in [5.41, 5.74) is 0.218. The number of nitrogens with one attached hydrogen (secondary N) is 1. The lowest BCUT2D eigenvalue weighted by Gasteiger charge is -2.34. The van der Waals surface area contributed by atoms with Crippen LogP contribution >= 0.6 is 23.2 Å². The van der Waals surface area contributed by atoms with Gasteiger partial charge in [-0.3, -0.25) is 4.79 Å². The Balaban J connectivity index is 1.53. The Hall–Kier alpha value is -1.00. The predicted octanol–water partition coefficient (Wildman–Crippen LogP) is 3.49. The van der Waals surface area contributed by atoms with Crippen LogP contribution in [0.5, 0.6) is 0 Å². The van der Waals surface area contributed by atoms with E-state index >= 15 is 0 Å². The third-order valence-corrected chi connectivity index (χ3v) is 5.86. The van der Waals surface area contributed by atoms with E-state index in [-0.39, 0.29) is 17.8 Å². The van der Waals surface area contributed by atoms with Crippen molar-refractivity contribution in [2.75, 3.05) is 18.0 Å². The first-order chi connectivity index (χ1) is 10.3. The first-order valence-electron chi connectivity index (χ1n) is 7.51. The Morgan fingerprint density at radius 3 is 2.55 bits per heavy atom. The molecule has 1 aliphatic carbocycles. The number of carbonyl (C=O) groups is 1. The highest BCUT2D eigenvalue weighted by molar-refractivity contribution is 6.53. The highest BCUT2D eigenvalue weighted by atomic mass is 35.5. The van der Waals surface area contributed by atoms with E-state index in [0.717, 1.165) is 31.6 Å². The van der Waals surface area contributed by atoms with Crippen LogP contribution < -0.4 is 10.2 Å². The molecule has 1 aliphatic heterocycles. The number of piperidine rings is 1. The lowest BCUT2D eigenvalue weighted by atomic mass is 10.0. The summed E-state index contributed by atoms with van der Waals surface area (Å²) in [5, 5.41) is 3.05. The van der Waals surface area contributed by atoms with Crippen molar-refractivity contribution >= 4 is 34.8 Å². The molecule has 1 atom stereocenters. The maximum absolute atomic E-state index is 13.3. The second-order valence-corrected chi connectivity index (χ2v) is 7.91. The second kappa shape index (κ2) is 5.57. The molecule has 0 bridgehead atoms. The first kappa shape index (κ1) is 15.9. The van der Waals surface area contributed by atoms with Crippen molar-refractivity contribution in [2.45, 2.75) is 36.6 Å². The van der Waals surface area contributed by atoms with Crippen molar-refractivity contribution in [1.29, 1.82) is 0 Å². The highest BCUT2D eigenvalue weighted by Gasteiger charge is 2.68. The summed E-state index contributed by atoms with van der Waals surface area (Å²) >= 11 is 12.1. The monoisotopic (exact) mass is 344 g/mol. The zero-order valence-electron chi connectivity index (χ0n) is 12.4. The molecule has 6 heteroatoms. The van der Waals surface area contributed by atoms with Gasteiger partial charge in [0.25, 0.3) is 0 Å². The zero-order valence-corrected chi connectivity index (χ0v) is 13.9. The summed E-state index contributed by atoms with van der Waals surface area (Å²) in [6, 6.07) is 6.73. The smallest absolute Gasteiger partial charge is 0.229 e. The summed E-state index contributed by atoms with van der Waals surface area (Å²) in [7, 11) is 0. The Morgan fingerprint density at radius 2 is 2.00 bits per heavy atom. The van der Waals surface area contributed by atoms with E-state index in [0.29, 0.717) is 6.42 Å². The number of halogens is 3. The Morgan fingerprint density at radius 1 is 1.36 bits per heavy atom. The fourth-order valence-corrected chi connectivity index (χ4v) is 3.65. The molecule has 0 spiro atoms. The van der Waals surface area contributed by atoms with Crippen molar-refractivity contribution < 1.29 is 9.18 Å². The van der Waals surface area contributed by atoms with E-state index in [2.05, 4.69) is 10.2 Å². The third kappa shape index (κ3) is 2.91. The number of alkyl halides is 2. The number of rotatable bonds is 3. The molecule has 1 N–H and O–H groups in total. The minimum atomic E-state index is -0.931. The average molecular weight is 345 g/mol. The SMILES string of the molecule is C[C@]1(C(=O)NC2CCN(c3cccc(F)c3)CC2)CC1(Cl)Cl. The number of hydrogen-bond acceptors (Lipinski definition) is 2. The minimum absolute atomic E-state index is 0.0679. The fraction of sp³-hybridized carbons (Fsp3) is 0.562. The minimum Gasteiger partial charge on any atom is -0.371 e. The summed E-state index contributed by atoms with van der Waals surface area (Å²) in [6.07, 6.45) is 2.16. The standard InChI is InChI=1S/C16H19Cl2FN2O/c1-15(10-16(15,17)18)14(22)20-12-5-7-21(8-6-12)13-4-2-3-11(19)9-13/h2-4,9,12H,5-8,10H2,1H3,(H,20,22)/t15-/m1/s1. The first-order valence-corrected chi connectivity index (χ1v) is 8.27. The highest BCUT2D eigenvalue weighted by Crippen LogP contribution is 2.63. The van der Waals surface area contributed by atoms with E-state index in [4.69, 9.17) is 23.2 Å². The van der Waals surface area contributed by atoms with Gasteiger partial charge in [0.1, 0.15) is 10.2 Å². The van der Waals surface area contributed by atoms with E-state index in [1.165, 1.54) is 6.07 Å². The van der Waals surface area contributed by atoms with Crippen LogP contribution in [-0.2, 0) is 4.79 Å². The van der Waals surface area contributed by atoms with Crippen LogP contribution in [0.2, 0.25) is 0 Å². The van der Waals surface area contributed by atoms with Gasteiger partial charge in [0.15, 0.2) is 0 Å². The predicted molar refractivity (Wildman–Crippen MR) is 86.9 cm³/mol. The molecule has 1 aromatic rings. The zero-order chi connectivity index (χ0) is 16.0. The molecule has 1 saturated carbocycles. The maximum Gasteiger partial charge on any atom is 0.229 e. The van der Waals surface area contributed by atoms with Gasteiger partial charge < -0.3 is 10.2 Å². The third-order valence-electron chi connectivity index (χ3n) is 4.76. The van der Waals surface area contributed by atoms with Gasteiger partial charge in [0, 0.05) is 24.8 Å². The van der Waals surface area contributed by atoms with Crippen LogP contribution in [0.4, 0.5) is 10.1 Å². The summed E-state index contributed by atoms with van der Waals surface area (Å²) in [5.74, 6) is -0.295. The van der Waals surface area contributed by atoms with Gasteiger partial charge in [-0.2, -0.15) is 0 Å². The normalized spacial score (nSPS) is 27.5. The van der Waals surface area contributed by atoms with Crippen LogP contribution in [-0.4, -0.2) is 29.4 Å². The summed E-state index contributed by atoms with van der Waals surface area (Å²) < 4.78 is 12.3. The molecule has 22 heavy (non-hydrogen) atoms. The molecule has 1 heterocycles. The van der Waals surface area contributed by atoms with Crippen molar-refractivity contribution in [3.8, 4) is 0 Å². The van der Waals surface area contributed by atoms with E-state index < -0.39 is 9.75 Å². The molecule has 1 aromatic carbocycles. The number of benzene rings is 1. The molecule has 3 rings (SSSR count). The van der Waals surface area contributed by atoms with Gasteiger partial charge >= 0.3 is 0 Å². The van der Waals surface area contributed by atoms with Gasteiger partial charge in [0.05, 0.1) is 5.41 Å². The summed E-state index contributed by atoms with van der Waals surface area (Å²) in [6.45, 7) is 3.38. The van der Waals surface area contributed by atoms with Crippen molar-refractivity contribution in [3.05, 3.63) is 30.1 Å². The molecular weight excluding hydrogens is 326 g/mol. The molecule has 1 amide bonds. The molecule has 0 aromatic heterocycles. The molecule has 2 fully saturated rings. The van der Waals surface area contributed by atoms with Gasteiger partial charge in [-0.15, -0.1) is 23.2 Å². The molecule has 1 saturated heterocycles. The Labute approximate surface area is 139 Å². The number of amides is 1. The number of hydrogen-bond donors (Lipinski definition) is 1. The lowest BCUT2D eigenvalue weighted by molar-refractivity contribution is -0.126. The molecule has 120 valence electrons. The van der Waals surface area contributed by atoms with Crippen LogP contribution in [0.1, 0.15) is 26.2 Å². The van der Waals surface area contributed by atoms with Gasteiger partial charge in [-0.05, 0) is 44.4 Å². The molecular formula is C16H19Cl2FN2O. The Bertz CT molecular complexity index is 587. The van der Waals surface area contributed by atoms with Crippen molar-refractivity contribution in [1.82, 2.24) is 5.32 Å². The topological polar surface area (TPSA) is 32.3 Å². The van der Waals surface area contributed by atoms with E-state index in [1.807, 2.05) is 6.07 Å². The molecule has 3 nitrogen and oxygen atoms in total. The van der Waals surface area contributed by atoms with Gasteiger partial charge in [-0.25, -0.2) is 4.39 Å².